The summed E-state index contributed by atoms with van der Waals surface area (Å²) in [5.41, 5.74) is -0.866. The molecule has 29 heavy (non-hydrogen) atoms. The molecule has 0 unspecified atom stereocenters. The summed E-state index contributed by atoms with van der Waals surface area (Å²) in [4.78, 5) is 12.2. The minimum atomic E-state index is -0.539. The molecule has 0 aliphatic carbocycles. The number of ether oxygens (including phenoxy) is 2. The van der Waals surface area contributed by atoms with Crippen LogP contribution in [-0.4, -0.2) is 59.6 Å². The fraction of sp³-hybridized carbons (Fsp3) is 0.800. The van der Waals surface area contributed by atoms with E-state index in [0.29, 0.717) is 19.8 Å². The number of hydrogen-bond acceptors (Lipinski definition) is 6. The molecule has 1 N–H and O–H groups in total. The first-order chi connectivity index (χ1) is 13.3. The van der Waals surface area contributed by atoms with Crippen molar-refractivity contribution in [2.45, 2.75) is 83.6 Å². The van der Waals surface area contributed by atoms with Crippen LogP contribution < -0.4 is 10.8 Å². The molecular weight excluding hydrogens is 373 g/mol. The SMILES string of the molecule is CC(C)(C)OC(=O)NCC1(n2cc(B3OC(C)(C)C(C)(C)O3)cn2)CCOCC1. The summed E-state index contributed by atoms with van der Waals surface area (Å²) in [6.45, 7) is 15.3. The van der Waals surface area contributed by atoms with Gasteiger partial charge in [0.1, 0.15) is 5.60 Å². The first-order valence-electron chi connectivity index (χ1n) is 10.3. The molecule has 8 nitrogen and oxygen atoms in total. The van der Waals surface area contributed by atoms with Gasteiger partial charge in [-0.1, -0.05) is 0 Å². The number of aromatic nitrogens is 2. The summed E-state index contributed by atoms with van der Waals surface area (Å²) in [6.07, 6.45) is 4.80. The van der Waals surface area contributed by atoms with Gasteiger partial charge in [-0.15, -0.1) is 0 Å². The van der Waals surface area contributed by atoms with Gasteiger partial charge in [0.05, 0.1) is 16.7 Å². The molecule has 2 saturated heterocycles. The molecule has 0 bridgehead atoms. The number of hydrogen-bond donors (Lipinski definition) is 1. The van der Waals surface area contributed by atoms with Crippen molar-refractivity contribution in [2.75, 3.05) is 19.8 Å². The maximum atomic E-state index is 12.2. The number of alkyl carbamates (subject to hydrolysis) is 1. The Morgan fingerprint density at radius 3 is 2.34 bits per heavy atom. The third kappa shape index (κ3) is 4.78. The Balaban J connectivity index is 1.76. The molecule has 2 aliphatic rings. The summed E-state index contributed by atoms with van der Waals surface area (Å²) in [5, 5.41) is 7.53. The summed E-state index contributed by atoms with van der Waals surface area (Å²) >= 11 is 0. The first-order valence-corrected chi connectivity index (χ1v) is 10.3. The van der Waals surface area contributed by atoms with E-state index in [0.717, 1.165) is 18.3 Å². The van der Waals surface area contributed by atoms with Crippen LogP contribution in [0.2, 0.25) is 0 Å². The minimum Gasteiger partial charge on any atom is -0.444 e. The summed E-state index contributed by atoms with van der Waals surface area (Å²) in [5.74, 6) is 0. The highest BCUT2D eigenvalue weighted by Crippen LogP contribution is 2.36. The van der Waals surface area contributed by atoms with E-state index < -0.39 is 30.0 Å². The van der Waals surface area contributed by atoms with Crippen LogP contribution in [0.15, 0.2) is 12.4 Å². The zero-order valence-corrected chi connectivity index (χ0v) is 18.7. The lowest BCUT2D eigenvalue weighted by atomic mass is 9.81. The standard InChI is InChI=1S/C20H34BN3O5/c1-17(2,3)27-16(25)22-14-20(8-10-26-11-9-20)24-13-15(12-23-24)21-28-18(4,5)19(6,7)29-21/h12-13H,8-11,14H2,1-7H3,(H,22,25). The normalized spacial score (nSPS) is 23.1. The highest BCUT2D eigenvalue weighted by atomic mass is 16.7. The third-order valence-corrected chi connectivity index (χ3v) is 6.00. The molecule has 2 fully saturated rings. The van der Waals surface area contributed by atoms with Gasteiger partial charge in [0.2, 0.25) is 0 Å². The maximum absolute atomic E-state index is 12.2. The predicted octanol–water partition coefficient (Wildman–Crippen LogP) is 2.21. The molecule has 0 aromatic carbocycles. The zero-order chi connectivity index (χ0) is 21.5. The molecule has 9 heteroatoms. The molecule has 0 radical (unpaired) electrons. The van der Waals surface area contributed by atoms with Gasteiger partial charge >= 0.3 is 13.2 Å². The Labute approximate surface area is 173 Å². The number of nitrogens with one attached hydrogen (secondary N) is 1. The van der Waals surface area contributed by atoms with Crippen LogP contribution in [0, 0.1) is 0 Å². The fourth-order valence-electron chi connectivity index (χ4n) is 3.49. The number of nitrogens with zero attached hydrogens (tertiary/aromatic N) is 2. The lowest BCUT2D eigenvalue weighted by Gasteiger charge is -2.37. The second-order valence-electron chi connectivity index (χ2n) is 10.00. The Morgan fingerprint density at radius 2 is 1.79 bits per heavy atom. The van der Waals surface area contributed by atoms with E-state index in [2.05, 4.69) is 10.4 Å². The van der Waals surface area contributed by atoms with Gasteiger partial charge in [-0.2, -0.15) is 5.10 Å². The molecule has 1 amide bonds. The second kappa shape index (κ2) is 7.59. The molecule has 1 aromatic heterocycles. The number of carbonyl (C=O) groups excluding carboxylic acids is 1. The number of rotatable bonds is 4. The molecule has 3 heterocycles. The maximum Gasteiger partial charge on any atom is 0.498 e. The monoisotopic (exact) mass is 407 g/mol. The van der Waals surface area contributed by atoms with Gasteiger partial charge in [-0.25, -0.2) is 4.79 Å². The highest BCUT2D eigenvalue weighted by Gasteiger charge is 2.52. The van der Waals surface area contributed by atoms with Crippen molar-refractivity contribution in [1.29, 1.82) is 0 Å². The molecule has 0 spiro atoms. The van der Waals surface area contributed by atoms with Gasteiger partial charge < -0.3 is 24.1 Å². The Kier molecular flexibility index (Phi) is 5.79. The van der Waals surface area contributed by atoms with Crippen molar-refractivity contribution in [1.82, 2.24) is 15.1 Å². The first kappa shape index (κ1) is 22.1. The zero-order valence-electron chi connectivity index (χ0n) is 18.7. The lowest BCUT2D eigenvalue weighted by molar-refractivity contribution is 0.00578. The van der Waals surface area contributed by atoms with Gasteiger partial charge in [-0.05, 0) is 61.3 Å². The van der Waals surface area contributed by atoms with Gasteiger partial charge in [0.25, 0.3) is 0 Å². The van der Waals surface area contributed by atoms with E-state index in [-0.39, 0.29) is 5.54 Å². The van der Waals surface area contributed by atoms with Crippen molar-refractivity contribution in [3.63, 3.8) is 0 Å². The smallest absolute Gasteiger partial charge is 0.444 e. The lowest BCUT2D eigenvalue weighted by Crippen LogP contribution is -2.50. The van der Waals surface area contributed by atoms with Crippen LogP contribution in [0.1, 0.15) is 61.3 Å². The summed E-state index contributed by atoms with van der Waals surface area (Å²) in [6, 6.07) is 0. The van der Waals surface area contributed by atoms with Crippen LogP contribution in [0.5, 0.6) is 0 Å². The Bertz CT molecular complexity index is 719. The van der Waals surface area contributed by atoms with Gasteiger partial charge in [0.15, 0.2) is 0 Å². The van der Waals surface area contributed by atoms with Crippen molar-refractivity contribution >= 4 is 18.7 Å². The fourth-order valence-corrected chi connectivity index (χ4v) is 3.49. The van der Waals surface area contributed by atoms with Crippen molar-refractivity contribution in [2.24, 2.45) is 0 Å². The highest BCUT2D eigenvalue weighted by molar-refractivity contribution is 6.62. The van der Waals surface area contributed by atoms with Crippen molar-refractivity contribution in [3.05, 3.63) is 12.4 Å². The van der Waals surface area contributed by atoms with Crippen LogP contribution >= 0.6 is 0 Å². The number of amides is 1. The topological polar surface area (TPSA) is 83.8 Å². The van der Waals surface area contributed by atoms with Crippen molar-refractivity contribution < 1.29 is 23.6 Å². The molecule has 162 valence electrons. The Hall–Kier alpha value is -1.58. The molecule has 0 saturated carbocycles. The van der Waals surface area contributed by atoms with E-state index in [1.165, 1.54) is 0 Å². The van der Waals surface area contributed by atoms with Gasteiger partial charge in [0, 0.05) is 37.6 Å². The van der Waals surface area contributed by atoms with E-state index >= 15 is 0 Å². The second-order valence-corrected chi connectivity index (χ2v) is 10.00. The van der Waals surface area contributed by atoms with E-state index in [1.807, 2.05) is 59.3 Å². The molecule has 0 atom stereocenters. The van der Waals surface area contributed by atoms with E-state index in [4.69, 9.17) is 18.8 Å². The minimum absolute atomic E-state index is 0.378. The van der Waals surface area contributed by atoms with E-state index in [1.54, 1.807) is 6.20 Å². The molecule has 1 aromatic rings. The predicted molar refractivity (Wildman–Crippen MR) is 110 cm³/mol. The average molecular weight is 407 g/mol. The van der Waals surface area contributed by atoms with Crippen LogP contribution in [-0.2, 0) is 24.3 Å². The van der Waals surface area contributed by atoms with Crippen LogP contribution in [0.4, 0.5) is 4.79 Å². The third-order valence-electron chi connectivity index (χ3n) is 6.00. The van der Waals surface area contributed by atoms with Crippen molar-refractivity contribution in [3.8, 4) is 0 Å². The average Bonchev–Trinajstić information content (AvgIpc) is 3.16. The molecule has 3 rings (SSSR count). The summed E-state index contributed by atoms with van der Waals surface area (Å²) < 4.78 is 25.2. The number of carbonyl (C=O) groups is 1. The summed E-state index contributed by atoms with van der Waals surface area (Å²) in [7, 11) is -0.468. The molecule has 2 aliphatic heterocycles. The largest absolute Gasteiger partial charge is 0.498 e. The van der Waals surface area contributed by atoms with E-state index in [9.17, 15) is 4.79 Å². The quantitative estimate of drug-likeness (QED) is 0.771. The van der Waals surface area contributed by atoms with Crippen LogP contribution in [0.3, 0.4) is 0 Å². The Morgan fingerprint density at radius 1 is 1.21 bits per heavy atom. The van der Waals surface area contributed by atoms with Gasteiger partial charge in [-0.3, -0.25) is 4.68 Å². The van der Waals surface area contributed by atoms with Crippen LogP contribution in [0.25, 0.3) is 0 Å². The molecular formula is C20H34BN3O5.